The summed E-state index contributed by atoms with van der Waals surface area (Å²) in [5.41, 5.74) is 3.16. The molecule has 0 radical (unpaired) electrons. The van der Waals surface area contributed by atoms with Crippen LogP contribution in [0.5, 0.6) is 11.5 Å². The molecule has 0 atom stereocenters. The van der Waals surface area contributed by atoms with Crippen LogP contribution in [-0.4, -0.2) is 40.7 Å². The standard InChI is InChI=1S/C31H28N2O6/c1-3-28-27(32-30(39-28)24-12-5-4-6-13-24)14-8-10-22-9-7-11-23(19-22)20-33(21-29(34)35)31(36)38-26-17-15-25(37-2)16-18-26/h4-7,9,11-13,15-19H,3,14,20-21H2,1-2H3,(H,34,35). The number of carbonyl (C=O) groups is 2. The average Bonchev–Trinajstić information content (AvgIpc) is 3.37. The van der Waals surface area contributed by atoms with Crippen molar-refractivity contribution >= 4 is 12.1 Å². The molecule has 4 rings (SSSR count). The van der Waals surface area contributed by atoms with Crippen molar-refractivity contribution in [1.82, 2.24) is 9.88 Å². The number of amides is 1. The highest BCUT2D eigenvalue weighted by atomic mass is 16.6. The molecule has 1 amide bonds. The Morgan fingerprint density at radius 2 is 1.74 bits per heavy atom. The zero-order valence-electron chi connectivity index (χ0n) is 21.7. The topological polar surface area (TPSA) is 102 Å². The maximum Gasteiger partial charge on any atom is 0.416 e. The Morgan fingerprint density at radius 1 is 1.00 bits per heavy atom. The third kappa shape index (κ3) is 7.49. The molecule has 8 nitrogen and oxygen atoms in total. The van der Waals surface area contributed by atoms with Crippen molar-refractivity contribution < 1.29 is 28.6 Å². The van der Waals surface area contributed by atoms with E-state index in [1.165, 1.54) is 7.11 Å². The number of aliphatic carboxylic acids is 1. The third-order valence-corrected chi connectivity index (χ3v) is 5.76. The Morgan fingerprint density at radius 3 is 2.44 bits per heavy atom. The van der Waals surface area contributed by atoms with Gasteiger partial charge >= 0.3 is 12.1 Å². The highest BCUT2D eigenvalue weighted by molar-refractivity contribution is 5.78. The van der Waals surface area contributed by atoms with Crippen LogP contribution in [0.3, 0.4) is 0 Å². The monoisotopic (exact) mass is 524 g/mol. The van der Waals surface area contributed by atoms with Gasteiger partial charge in [-0.25, -0.2) is 9.78 Å². The van der Waals surface area contributed by atoms with Gasteiger partial charge in [-0.3, -0.25) is 9.69 Å². The van der Waals surface area contributed by atoms with Crippen LogP contribution in [-0.2, 0) is 24.2 Å². The van der Waals surface area contributed by atoms with E-state index in [9.17, 15) is 14.7 Å². The molecule has 0 fully saturated rings. The van der Waals surface area contributed by atoms with Crippen molar-refractivity contribution in [2.45, 2.75) is 26.3 Å². The summed E-state index contributed by atoms with van der Waals surface area (Å²) < 4.78 is 16.4. The number of carboxylic acid groups (broad SMARTS) is 1. The molecular formula is C31H28N2O6. The minimum absolute atomic E-state index is 0.0422. The van der Waals surface area contributed by atoms with Crippen LogP contribution >= 0.6 is 0 Å². The Hall–Kier alpha value is -5.03. The van der Waals surface area contributed by atoms with Crippen LogP contribution in [0.4, 0.5) is 4.79 Å². The lowest BCUT2D eigenvalue weighted by Crippen LogP contribution is -2.37. The second kappa shape index (κ2) is 13.0. The van der Waals surface area contributed by atoms with Gasteiger partial charge in [0.05, 0.1) is 19.2 Å². The predicted molar refractivity (Wildman–Crippen MR) is 145 cm³/mol. The maximum absolute atomic E-state index is 12.8. The summed E-state index contributed by atoms with van der Waals surface area (Å²) in [6.07, 6.45) is 0.355. The minimum Gasteiger partial charge on any atom is -0.497 e. The molecule has 8 heteroatoms. The van der Waals surface area contributed by atoms with Crippen LogP contribution in [0.1, 0.15) is 29.5 Å². The molecule has 0 aliphatic carbocycles. The highest BCUT2D eigenvalue weighted by Crippen LogP contribution is 2.23. The van der Waals surface area contributed by atoms with Gasteiger partial charge in [0.2, 0.25) is 5.89 Å². The fraction of sp³-hybridized carbons (Fsp3) is 0.194. The van der Waals surface area contributed by atoms with Crippen molar-refractivity contribution in [2.75, 3.05) is 13.7 Å². The zero-order chi connectivity index (χ0) is 27.6. The summed E-state index contributed by atoms with van der Waals surface area (Å²) in [7, 11) is 1.53. The number of nitrogens with zero attached hydrogens (tertiary/aromatic N) is 2. The number of carbonyl (C=O) groups excluding carboxylic acids is 1. The molecule has 0 aliphatic heterocycles. The zero-order valence-corrected chi connectivity index (χ0v) is 21.7. The molecule has 0 aliphatic rings. The van der Waals surface area contributed by atoms with Crippen LogP contribution in [0.15, 0.2) is 83.3 Å². The fourth-order valence-electron chi connectivity index (χ4n) is 3.86. The first-order chi connectivity index (χ1) is 18.9. The van der Waals surface area contributed by atoms with E-state index in [4.69, 9.17) is 13.9 Å². The number of carboxylic acids is 1. The first-order valence-electron chi connectivity index (χ1n) is 12.4. The molecule has 0 unspecified atom stereocenters. The Bertz CT molecular complexity index is 1480. The first-order valence-corrected chi connectivity index (χ1v) is 12.4. The summed E-state index contributed by atoms with van der Waals surface area (Å²) >= 11 is 0. The van der Waals surface area contributed by atoms with Gasteiger partial charge < -0.3 is 19.0 Å². The lowest BCUT2D eigenvalue weighted by atomic mass is 10.1. The quantitative estimate of drug-likeness (QED) is 0.285. The number of hydrogen-bond donors (Lipinski definition) is 1. The maximum atomic E-state index is 12.8. The summed E-state index contributed by atoms with van der Waals surface area (Å²) in [4.78, 5) is 29.9. The van der Waals surface area contributed by atoms with Gasteiger partial charge in [0.1, 0.15) is 23.8 Å². The van der Waals surface area contributed by atoms with E-state index in [2.05, 4.69) is 16.8 Å². The van der Waals surface area contributed by atoms with Gasteiger partial charge in [-0.2, -0.15) is 0 Å². The fourth-order valence-corrected chi connectivity index (χ4v) is 3.86. The van der Waals surface area contributed by atoms with Gasteiger partial charge in [-0.1, -0.05) is 49.1 Å². The number of aryl methyl sites for hydroxylation is 1. The van der Waals surface area contributed by atoms with E-state index < -0.39 is 18.6 Å². The smallest absolute Gasteiger partial charge is 0.416 e. The summed E-state index contributed by atoms with van der Waals surface area (Å²) in [6, 6.07) is 23.5. The lowest BCUT2D eigenvalue weighted by Gasteiger charge is -2.20. The SMILES string of the molecule is CCc1oc(-c2ccccc2)nc1CC#Cc1cccc(CN(CC(=O)O)C(=O)Oc2ccc(OC)cc2)c1. The van der Waals surface area contributed by atoms with Gasteiger partial charge in [0.25, 0.3) is 0 Å². The van der Waals surface area contributed by atoms with E-state index in [0.717, 1.165) is 33.0 Å². The first kappa shape index (κ1) is 27.0. The molecule has 198 valence electrons. The number of oxazole rings is 1. The van der Waals surface area contributed by atoms with Crippen LogP contribution in [0, 0.1) is 11.8 Å². The molecule has 1 N–H and O–H groups in total. The average molecular weight is 525 g/mol. The van der Waals surface area contributed by atoms with Crippen molar-refractivity contribution in [2.24, 2.45) is 0 Å². The summed E-state index contributed by atoms with van der Waals surface area (Å²) in [5.74, 6) is 7.41. The Labute approximate surface area is 226 Å². The van der Waals surface area contributed by atoms with Crippen LogP contribution < -0.4 is 9.47 Å². The lowest BCUT2D eigenvalue weighted by molar-refractivity contribution is -0.138. The molecule has 4 aromatic rings. The van der Waals surface area contributed by atoms with Gasteiger partial charge in [-0.05, 0) is 54.1 Å². The largest absolute Gasteiger partial charge is 0.497 e. The number of benzene rings is 3. The normalized spacial score (nSPS) is 10.3. The number of hydrogen-bond acceptors (Lipinski definition) is 6. The Kier molecular flexibility index (Phi) is 8.99. The molecule has 0 spiro atoms. The van der Waals surface area contributed by atoms with Crippen LogP contribution in [0.25, 0.3) is 11.5 Å². The molecule has 0 saturated carbocycles. The van der Waals surface area contributed by atoms with E-state index >= 15 is 0 Å². The van der Waals surface area contributed by atoms with Gasteiger partial charge in [0, 0.05) is 24.1 Å². The minimum atomic E-state index is -1.15. The number of aromatic nitrogens is 1. The van der Waals surface area contributed by atoms with Crippen molar-refractivity contribution in [1.29, 1.82) is 0 Å². The Balaban J connectivity index is 1.45. The second-order valence-electron chi connectivity index (χ2n) is 8.58. The summed E-state index contributed by atoms with van der Waals surface area (Å²) in [5, 5.41) is 9.34. The van der Waals surface area contributed by atoms with E-state index in [1.54, 1.807) is 30.3 Å². The van der Waals surface area contributed by atoms with Gasteiger partial charge in [-0.15, -0.1) is 0 Å². The molecule has 39 heavy (non-hydrogen) atoms. The van der Waals surface area contributed by atoms with E-state index in [-0.39, 0.29) is 12.3 Å². The third-order valence-electron chi connectivity index (χ3n) is 5.76. The van der Waals surface area contributed by atoms with E-state index in [1.807, 2.05) is 55.5 Å². The molecule has 1 aromatic heterocycles. The van der Waals surface area contributed by atoms with Crippen LogP contribution in [0.2, 0.25) is 0 Å². The molecule has 1 heterocycles. The summed E-state index contributed by atoms with van der Waals surface area (Å²) in [6.45, 7) is 1.54. The predicted octanol–water partition coefficient (Wildman–Crippen LogP) is 5.59. The highest BCUT2D eigenvalue weighted by Gasteiger charge is 2.20. The number of ether oxygens (including phenoxy) is 2. The number of rotatable bonds is 9. The second-order valence-corrected chi connectivity index (χ2v) is 8.58. The molecule has 0 saturated heterocycles. The number of methoxy groups -OCH3 is 1. The van der Waals surface area contributed by atoms with Crippen molar-refractivity contribution in [3.63, 3.8) is 0 Å². The van der Waals surface area contributed by atoms with Crippen molar-refractivity contribution in [3.8, 4) is 34.8 Å². The van der Waals surface area contributed by atoms with Gasteiger partial charge in [0.15, 0.2) is 0 Å². The molecule has 0 bridgehead atoms. The molecule has 3 aromatic carbocycles. The van der Waals surface area contributed by atoms with Crippen molar-refractivity contribution in [3.05, 3.63) is 101 Å². The molecular weight excluding hydrogens is 496 g/mol. The van der Waals surface area contributed by atoms with E-state index in [0.29, 0.717) is 24.5 Å².